The fourth-order valence-electron chi connectivity index (χ4n) is 4.05. The first-order chi connectivity index (χ1) is 14.7. The topological polar surface area (TPSA) is 73.1 Å². The summed E-state index contributed by atoms with van der Waals surface area (Å²) >= 11 is 0. The zero-order chi connectivity index (χ0) is 20.5. The van der Waals surface area contributed by atoms with Crippen molar-refractivity contribution in [1.82, 2.24) is 9.97 Å². The van der Waals surface area contributed by atoms with Crippen LogP contribution in [0.25, 0.3) is 11.0 Å². The molecule has 3 N–H and O–H groups in total. The summed E-state index contributed by atoms with van der Waals surface area (Å²) < 4.78 is 0. The van der Waals surface area contributed by atoms with E-state index in [4.69, 9.17) is 0 Å². The second-order valence-corrected chi connectivity index (χ2v) is 7.63. The van der Waals surface area contributed by atoms with Crippen molar-refractivity contribution in [3.8, 4) is 0 Å². The van der Waals surface area contributed by atoms with E-state index in [1.807, 2.05) is 55.6 Å². The molecule has 0 radical (unpaired) electrons. The molecule has 1 aliphatic rings. The van der Waals surface area contributed by atoms with Crippen molar-refractivity contribution in [3.05, 3.63) is 83.7 Å². The zero-order valence-corrected chi connectivity index (χ0v) is 16.8. The number of pyridine rings is 1. The van der Waals surface area contributed by atoms with Gasteiger partial charge >= 0.3 is 6.03 Å². The molecule has 0 fully saturated rings. The first-order valence-electron chi connectivity index (χ1n) is 10.1. The van der Waals surface area contributed by atoms with E-state index in [-0.39, 0.29) is 6.03 Å². The van der Waals surface area contributed by atoms with Gasteiger partial charge in [0, 0.05) is 53.5 Å². The van der Waals surface area contributed by atoms with Gasteiger partial charge < -0.3 is 20.5 Å². The number of urea groups is 1. The van der Waals surface area contributed by atoms with Crippen LogP contribution in [0.2, 0.25) is 0 Å². The molecule has 0 unspecified atom stereocenters. The fraction of sp³-hybridized carbons (Fsp3) is 0.167. The number of benzene rings is 2. The van der Waals surface area contributed by atoms with Crippen molar-refractivity contribution >= 4 is 34.1 Å². The number of anilines is 3. The summed E-state index contributed by atoms with van der Waals surface area (Å²) in [4.78, 5) is 22.5. The maximum absolute atomic E-state index is 12.5. The van der Waals surface area contributed by atoms with E-state index >= 15 is 0 Å². The SMILES string of the molecule is Cc1ccc(NC(=O)Nc2cccc3c2CCN3Cc2c[nH]c3ncccc23)cc1. The monoisotopic (exact) mass is 397 g/mol. The van der Waals surface area contributed by atoms with Gasteiger partial charge in [-0.05, 0) is 55.3 Å². The Bertz CT molecular complexity index is 1210. The number of carbonyl (C=O) groups is 1. The zero-order valence-electron chi connectivity index (χ0n) is 16.8. The Morgan fingerprint density at radius 3 is 2.83 bits per heavy atom. The number of aryl methyl sites for hydroxylation is 1. The van der Waals surface area contributed by atoms with Gasteiger partial charge in [0.15, 0.2) is 0 Å². The third kappa shape index (κ3) is 3.48. The predicted molar refractivity (Wildman–Crippen MR) is 121 cm³/mol. The summed E-state index contributed by atoms with van der Waals surface area (Å²) in [5.41, 5.74) is 7.28. The van der Waals surface area contributed by atoms with Crippen LogP contribution in [0.4, 0.5) is 21.9 Å². The van der Waals surface area contributed by atoms with Crippen LogP contribution >= 0.6 is 0 Å². The molecule has 1 aliphatic heterocycles. The second-order valence-electron chi connectivity index (χ2n) is 7.63. The van der Waals surface area contributed by atoms with Crippen molar-refractivity contribution in [1.29, 1.82) is 0 Å². The number of hydrogen-bond acceptors (Lipinski definition) is 3. The molecule has 2 aromatic heterocycles. The molecule has 0 bridgehead atoms. The highest BCUT2D eigenvalue weighted by Gasteiger charge is 2.23. The van der Waals surface area contributed by atoms with Crippen LogP contribution in [0.1, 0.15) is 16.7 Å². The van der Waals surface area contributed by atoms with E-state index in [0.717, 1.165) is 47.5 Å². The number of carbonyl (C=O) groups excluding carboxylic acids is 1. The van der Waals surface area contributed by atoms with E-state index in [0.29, 0.717) is 0 Å². The third-order valence-electron chi connectivity index (χ3n) is 5.58. The predicted octanol–water partition coefficient (Wildman–Crippen LogP) is 5.08. The van der Waals surface area contributed by atoms with Crippen molar-refractivity contribution in [2.75, 3.05) is 22.1 Å². The average Bonchev–Trinajstić information content (AvgIpc) is 3.35. The Balaban J connectivity index is 1.33. The fourth-order valence-corrected chi connectivity index (χ4v) is 4.05. The van der Waals surface area contributed by atoms with Crippen LogP contribution in [-0.4, -0.2) is 22.5 Å². The highest BCUT2D eigenvalue weighted by molar-refractivity contribution is 6.01. The number of fused-ring (bicyclic) bond motifs is 2. The van der Waals surface area contributed by atoms with Crippen LogP contribution in [0.5, 0.6) is 0 Å². The number of nitrogens with one attached hydrogen (secondary N) is 3. The molecule has 5 rings (SSSR count). The second kappa shape index (κ2) is 7.55. The Kier molecular flexibility index (Phi) is 4.59. The van der Waals surface area contributed by atoms with Gasteiger partial charge in [-0.3, -0.25) is 0 Å². The first kappa shape index (κ1) is 18.2. The van der Waals surface area contributed by atoms with Crippen LogP contribution in [-0.2, 0) is 13.0 Å². The highest BCUT2D eigenvalue weighted by Crippen LogP contribution is 2.35. The molecule has 0 aliphatic carbocycles. The molecule has 0 saturated heterocycles. The average molecular weight is 397 g/mol. The van der Waals surface area contributed by atoms with Crippen molar-refractivity contribution in [3.63, 3.8) is 0 Å². The van der Waals surface area contributed by atoms with Gasteiger partial charge in [0.05, 0.1) is 0 Å². The Labute approximate surface area is 174 Å². The van der Waals surface area contributed by atoms with E-state index in [1.165, 1.54) is 16.8 Å². The van der Waals surface area contributed by atoms with Crippen LogP contribution in [0.15, 0.2) is 67.0 Å². The first-order valence-corrected chi connectivity index (χ1v) is 10.1. The standard InChI is InChI=1S/C24H23N5O/c1-16-7-9-18(10-8-16)27-24(30)28-21-5-2-6-22-20(21)11-13-29(22)15-17-14-26-23-19(17)4-3-12-25-23/h2-10,12,14H,11,13,15H2,1H3,(H,25,26)(H2,27,28,30). The van der Waals surface area contributed by atoms with Crippen LogP contribution in [0.3, 0.4) is 0 Å². The number of aromatic amines is 1. The van der Waals surface area contributed by atoms with Gasteiger partial charge in [0.1, 0.15) is 5.65 Å². The van der Waals surface area contributed by atoms with E-state index in [2.05, 4.69) is 37.6 Å². The van der Waals surface area contributed by atoms with Gasteiger partial charge in [-0.25, -0.2) is 9.78 Å². The minimum Gasteiger partial charge on any atom is -0.367 e. The molecule has 6 heteroatoms. The van der Waals surface area contributed by atoms with Crippen LogP contribution in [0, 0.1) is 6.92 Å². The normalized spacial score (nSPS) is 12.8. The number of hydrogen-bond donors (Lipinski definition) is 3. The van der Waals surface area contributed by atoms with E-state index < -0.39 is 0 Å². The lowest BCUT2D eigenvalue weighted by atomic mass is 10.1. The summed E-state index contributed by atoms with van der Waals surface area (Å²) in [6, 6.07) is 17.7. The lowest BCUT2D eigenvalue weighted by Crippen LogP contribution is -2.20. The lowest BCUT2D eigenvalue weighted by Gasteiger charge is -2.19. The number of nitrogens with zero attached hydrogens (tertiary/aromatic N) is 2. The number of rotatable bonds is 4. The summed E-state index contributed by atoms with van der Waals surface area (Å²) in [6.45, 7) is 3.74. The smallest absolute Gasteiger partial charge is 0.323 e. The Morgan fingerprint density at radius 2 is 1.97 bits per heavy atom. The molecular formula is C24H23N5O. The van der Waals surface area contributed by atoms with E-state index in [1.54, 1.807) is 6.20 Å². The highest BCUT2D eigenvalue weighted by atomic mass is 16.2. The molecule has 4 aromatic rings. The number of amides is 2. The molecule has 150 valence electrons. The summed E-state index contributed by atoms with van der Waals surface area (Å²) in [6.07, 6.45) is 4.73. The molecule has 3 heterocycles. The van der Waals surface area contributed by atoms with Gasteiger partial charge in [0.25, 0.3) is 0 Å². The van der Waals surface area contributed by atoms with Crippen molar-refractivity contribution < 1.29 is 4.79 Å². The Morgan fingerprint density at radius 1 is 1.10 bits per heavy atom. The largest absolute Gasteiger partial charge is 0.367 e. The Hall–Kier alpha value is -3.80. The van der Waals surface area contributed by atoms with Crippen molar-refractivity contribution in [2.45, 2.75) is 19.9 Å². The summed E-state index contributed by atoms with van der Waals surface area (Å²) in [5.74, 6) is 0. The van der Waals surface area contributed by atoms with Crippen LogP contribution < -0.4 is 15.5 Å². The molecule has 0 saturated carbocycles. The minimum atomic E-state index is -0.228. The third-order valence-corrected chi connectivity index (χ3v) is 5.58. The lowest BCUT2D eigenvalue weighted by molar-refractivity contribution is 0.262. The maximum atomic E-state index is 12.5. The molecule has 30 heavy (non-hydrogen) atoms. The summed E-state index contributed by atoms with van der Waals surface area (Å²) in [5, 5.41) is 7.07. The van der Waals surface area contributed by atoms with Crippen molar-refractivity contribution in [2.24, 2.45) is 0 Å². The van der Waals surface area contributed by atoms with E-state index in [9.17, 15) is 4.79 Å². The molecule has 6 nitrogen and oxygen atoms in total. The summed E-state index contributed by atoms with van der Waals surface area (Å²) in [7, 11) is 0. The molecular weight excluding hydrogens is 374 g/mol. The van der Waals surface area contributed by atoms with Gasteiger partial charge in [-0.15, -0.1) is 0 Å². The molecule has 2 amide bonds. The molecule has 0 atom stereocenters. The minimum absolute atomic E-state index is 0.228. The van der Waals surface area contributed by atoms with Gasteiger partial charge in [0.2, 0.25) is 0 Å². The quantitative estimate of drug-likeness (QED) is 0.450. The van der Waals surface area contributed by atoms with Gasteiger partial charge in [-0.2, -0.15) is 0 Å². The maximum Gasteiger partial charge on any atom is 0.323 e. The van der Waals surface area contributed by atoms with Gasteiger partial charge in [-0.1, -0.05) is 23.8 Å². The number of aromatic nitrogens is 2. The molecule has 2 aromatic carbocycles. The number of H-pyrrole nitrogens is 1. The molecule has 0 spiro atoms.